The van der Waals surface area contributed by atoms with E-state index < -0.39 is 11.4 Å². The largest absolute Gasteiger partial charge is 0.444 e. The van der Waals surface area contributed by atoms with Crippen molar-refractivity contribution in [3.63, 3.8) is 0 Å². The van der Waals surface area contributed by atoms with Crippen LogP contribution in [-0.4, -0.2) is 61.8 Å². The van der Waals surface area contributed by atoms with Crippen LogP contribution in [0.2, 0.25) is 0 Å². The molecule has 1 atom stereocenters. The summed E-state index contributed by atoms with van der Waals surface area (Å²) in [7, 11) is 0. The van der Waals surface area contributed by atoms with E-state index in [1.165, 1.54) is 0 Å². The molecule has 6 nitrogen and oxygen atoms in total. The molecule has 6 heteroatoms. The zero-order valence-corrected chi connectivity index (χ0v) is 15.9. The van der Waals surface area contributed by atoms with E-state index in [4.69, 9.17) is 14.2 Å². The second-order valence-electron chi connectivity index (χ2n) is 8.33. The maximum absolute atomic E-state index is 11.9. The standard InChI is InChI=1S/C18H34N2O4/c1-14(2)15(11-19-16(21)24-17(3,4)5)12-20-8-6-7-18(13-20)22-9-10-23-18/h14-15H,6-13H2,1-5H3,(H,19,21)/t15-/m0/s1. The molecule has 0 aromatic heterocycles. The first-order chi connectivity index (χ1) is 11.2. The Morgan fingerprint density at radius 1 is 1.29 bits per heavy atom. The minimum atomic E-state index is -0.464. The third kappa shape index (κ3) is 5.90. The minimum absolute atomic E-state index is 0.342. The number of rotatable bonds is 5. The van der Waals surface area contributed by atoms with Crippen LogP contribution in [0.15, 0.2) is 0 Å². The maximum atomic E-state index is 11.9. The highest BCUT2D eigenvalue weighted by molar-refractivity contribution is 5.67. The summed E-state index contributed by atoms with van der Waals surface area (Å²) in [6.07, 6.45) is 1.72. The number of alkyl carbamates (subject to hydrolysis) is 1. The number of hydrogen-bond donors (Lipinski definition) is 1. The van der Waals surface area contributed by atoms with Crippen LogP contribution in [-0.2, 0) is 14.2 Å². The highest BCUT2D eigenvalue weighted by Crippen LogP contribution is 2.30. The van der Waals surface area contributed by atoms with Crippen molar-refractivity contribution in [1.82, 2.24) is 10.2 Å². The minimum Gasteiger partial charge on any atom is -0.444 e. The quantitative estimate of drug-likeness (QED) is 0.832. The molecule has 2 heterocycles. The average Bonchev–Trinajstić information content (AvgIpc) is 2.89. The van der Waals surface area contributed by atoms with Gasteiger partial charge in [0.25, 0.3) is 0 Å². The molecule has 2 fully saturated rings. The molecule has 2 aliphatic heterocycles. The molecule has 2 rings (SSSR count). The van der Waals surface area contributed by atoms with Crippen molar-refractivity contribution in [1.29, 1.82) is 0 Å². The first-order valence-corrected chi connectivity index (χ1v) is 9.16. The number of likely N-dealkylation sites (tertiary alicyclic amines) is 1. The lowest BCUT2D eigenvalue weighted by atomic mass is 9.93. The second-order valence-corrected chi connectivity index (χ2v) is 8.33. The van der Waals surface area contributed by atoms with E-state index >= 15 is 0 Å². The Kier molecular flexibility index (Phi) is 6.51. The van der Waals surface area contributed by atoms with E-state index in [1.54, 1.807) is 0 Å². The fourth-order valence-corrected chi connectivity index (χ4v) is 3.33. The van der Waals surface area contributed by atoms with Crippen LogP contribution in [0, 0.1) is 11.8 Å². The topological polar surface area (TPSA) is 60.0 Å². The Balaban J connectivity index is 1.83. The molecule has 24 heavy (non-hydrogen) atoms. The molecule has 0 aliphatic carbocycles. The summed E-state index contributed by atoms with van der Waals surface area (Å²) < 4.78 is 17.0. The number of carbonyl (C=O) groups excluding carboxylic acids is 1. The Labute approximate surface area is 146 Å². The van der Waals surface area contributed by atoms with Gasteiger partial charge in [-0.1, -0.05) is 13.8 Å². The van der Waals surface area contributed by atoms with E-state index in [9.17, 15) is 4.79 Å². The molecule has 0 aromatic carbocycles. The van der Waals surface area contributed by atoms with Gasteiger partial charge in [0.05, 0.1) is 19.8 Å². The molecule has 2 saturated heterocycles. The Bertz CT molecular complexity index is 414. The van der Waals surface area contributed by atoms with E-state index in [2.05, 4.69) is 24.1 Å². The Morgan fingerprint density at radius 3 is 2.54 bits per heavy atom. The summed E-state index contributed by atoms with van der Waals surface area (Å²) in [5.41, 5.74) is -0.464. The van der Waals surface area contributed by atoms with Gasteiger partial charge in [-0.2, -0.15) is 0 Å². The lowest BCUT2D eigenvalue weighted by Gasteiger charge is -2.40. The number of ether oxygens (including phenoxy) is 3. The van der Waals surface area contributed by atoms with Gasteiger partial charge >= 0.3 is 6.09 Å². The van der Waals surface area contributed by atoms with Crippen LogP contribution in [0.1, 0.15) is 47.5 Å². The van der Waals surface area contributed by atoms with Crippen molar-refractivity contribution < 1.29 is 19.0 Å². The molecule has 1 N–H and O–H groups in total. The number of amides is 1. The number of nitrogens with one attached hydrogen (secondary N) is 1. The van der Waals surface area contributed by atoms with Crippen molar-refractivity contribution >= 4 is 6.09 Å². The first kappa shape index (κ1) is 19.5. The fourth-order valence-electron chi connectivity index (χ4n) is 3.33. The van der Waals surface area contributed by atoms with Gasteiger partial charge in [0.1, 0.15) is 5.60 Å². The highest BCUT2D eigenvalue weighted by atomic mass is 16.7. The predicted octanol–water partition coefficient (Wildman–Crippen LogP) is 2.62. The molecule has 1 amide bonds. The smallest absolute Gasteiger partial charge is 0.407 e. The lowest BCUT2D eigenvalue weighted by Crippen LogP contribution is -2.51. The molecular weight excluding hydrogens is 308 g/mol. The van der Waals surface area contributed by atoms with Crippen molar-refractivity contribution in [3.8, 4) is 0 Å². The van der Waals surface area contributed by atoms with Crippen LogP contribution < -0.4 is 5.32 Å². The van der Waals surface area contributed by atoms with Gasteiger partial charge in [-0.05, 0) is 45.6 Å². The maximum Gasteiger partial charge on any atom is 0.407 e. The van der Waals surface area contributed by atoms with Crippen LogP contribution in [0.25, 0.3) is 0 Å². The van der Waals surface area contributed by atoms with Crippen molar-refractivity contribution in [2.75, 3.05) is 39.4 Å². The van der Waals surface area contributed by atoms with E-state index in [-0.39, 0.29) is 6.09 Å². The zero-order chi connectivity index (χ0) is 17.8. The number of piperidine rings is 1. The van der Waals surface area contributed by atoms with Crippen molar-refractivity contribution in [2.24, 2.45) is 11.8 Å². The Hall–Kier alpha value is -0.850. The predicted molar refractivity (Wildman–Crippen MR) is 92.9 cm³/mol. The molecule has 0 radical (unpaired) electrons. The fraction of sp³-hybridized carbons (Fsp3) is 0.944. The van der Waals surface area contributed by atoms with Crippen molar-refractivity contribution in [3.05, 3.63) is 0 Å². The van der Waals surface area contributed by atoms with Gasteiger partial charge in [-0.25, -0.2) is 4.79 Å². The van der Waals surface area contributed by atoms with Gasteiger partial charge in [0.2, 0.25) is 0 Å². The summed E-state index contributed by atoms with van der Waals surface area (Å²) in [4.78, 5) is 14.3. The summed E-state index contributed by atoms with van der Waals surface area (Å²) in [6.45, 7) is 14.9. The van der Waals surface area contributed by atoms with Gasteiger partial charge in [0.15, 0.2) is 5.79 Å². The molecule has 2 aliphatic rings. The SMILES string of the molecule is CC(C)[C@@H](CNC(=O)OC(C)(C)C)CN1CCCC2(C1)OCCO2. The molecule has 1 spiro atoms. The third-order valence-electron chi connectivity index (χ3n) is 4.65. The van der Waals surface area contributed by atoms with E-state index in [0.717, 1.165) is 32.5 Å². The van der Waals surface area contributed by atoms with Crippen LogP contribution in [0.5, 0.6) is 0 Å². The summed E-state index contributed by atoms with van der Waals surface area (Å²) >= 11 is 0. The molecular formula is C18H34N2O4. The zero-order valence-electron chi connectivity index (χ0n) is 15.9. The molecule has 140 valence electrons. The number of nitrogens with zero attached hydrogens (tertiary/aromatic N) is 1. The molecule has 0 saturated carbocycles. The normalized spacial score (nSPS) is 22.8. The van der Waals surface area contributed by atoms with E-state index in [1.807, 2.05) is 20.8 Å². The highest BCUT2D eigenvalue weighted by Gasteiger charge is 2.41. The summed E-state index contributed by atoms with van der Waals surface area (Å²) in [6, 6.07) is 0. The van der Waals surface area contributed by atoms with E-state index in [0.29, 0.717) is 31.6 Å². The first-order valence-electron chi connectivity index (χ1n) is 9.16. The third-order valence-corrected chi connectivity index (χ3v) is 4.65. The lowest BCUT2D eigenvalue weighted by molar-refractivity contribution is -0.190. The number of hydrogen-bond acceptors (Lipinski definition) is 5. The molecule has 0 unspecified atom stereocenters. The van der Waals surface area contributed by atoms with Gasteiger partial charge in [0, 0.05) is 19.5 Å². The van der Waals surface area contributed by atoms with Crippen molar-refractivity contribution in [2.45, 2.75) is 58.8 Å². The average molecular weight is 342 g/mol. The van der Waals surface area contributed by atoms with Crippen LogP contribution in [0.4, 0.5) is 4.79 Å². The molecule has 0 aromatic rings. The summed E-state index contributed by atoms with van der Waals surface area (Å²) in [5.74, 6) is 0.454. The monoisotopic (exact) mass is 342 g/mol. The van der Waals surface area contributed by atoms with Gasteiger partial charge in [-0.3, -0.25) is 4.90 Å². The Morgan fingerprint density at radius 2 is 1.96 bits per heavy atom. The van der Waals surface area contributed by atoms with Crippen LogP contribution in [0.3, 0.4) is 0 Å². The number of carbonyl (C=O) groups is 1. The van der Waals surface area contributed by atoms with Gasteiger partial charge < -0.3 is 19.5 Å². The van der Waals surface area contributed by atoms with Crippen LogP contribution >= 0.6 is 0 Å². The molecule has 0 bridgehead atoms. The second kappa shape index (κ2) is 8.02. The van der Waals surface area contributed by atoms with Gasteiger partial charge in [-0.15, -0.1) is 0 Å². The summed E-state index contributed by atoms with van der Waals surface area (Å²) in [5, 5.41) is 2.92.